The fourth-order valence-corrected chi connectivity index (χ4v) is 2.10. The topological polar surface area (TPSA) is 42.4 Å². The molecule has 0 aliphatic rings. The van der Waals surface area contributed by atoms with Crippen molar-refractivity contribution in [2.24, 2.45) is 0 Å². The normalized spacial score (nSPS) is 13.0. The molecule has 0 spiro atoms. The Balaban J connectivity index is 2.22. The largest absolute Gasteiger partial charge is 0.439 e. The molecule has 0 unspecified atom stereocenters. The molecule has 1 atom stereocenters. The van der Waals surface area contributed by atoms with Crippen molar-refractivity contribution in [3.8, 4) is 11.6 Å². The van der Waals surface area contributed by atoms with Gasteiger partial charge in [0.15, 0.2) is 0 Å². The van der Waals surface area contributed by atoms with E-state index in [4.69, 9.17) is 4.74 Å². The predicted molar refractivity (Wildman–Crippen MR) is 84.7 cm³/mol. The highest BCUT2D eigenvalue weighted by molar-refractivity contribution is 5.36. The number of rotatable bonds is 5. The van der Waals surface area contributed by atoms with Crippen LogP contribution < -0.4 is 4.74 Å². The predicted octanol–water partition coefficient (Wildman–Crippen LogP) is 4.61. The number of hydrogen-bond donors (Lipinski definition) is 1. The maximum Gasteiger partial charge on any atom is 0.225 e. The van der Waals surface area contributed by atoms with Crippen molar-refractivity contribution in [2.75, 3.05) is 0 Å². The van der Waals surface area contributed by atoms with Crippen LogP contribution in [0.3, 0.4) is 0 Å². The monoisotopic (exact) mass is 285 g/mol. The van der Waals surface area contributed by atoms with Crippen molar-refractivity contribution in [1.82, 2.24) is 4.98 Å². The van der Waals surface area contributed by atoms with Gasteiger partial charge in [0, 0.05) is 11.8 Å². The van der Waals surface area contributed by atoms with Crippen molar-refractivity contribution in [2.45, 2.75) is 45.6 Å². The van der Waals surface area contributed by atoms with Crippen LogP contribution in [0, 0.1) is 0 Å². The van der Waals surface area contributed by atoms with Crippen molar-refractivity contribution >= 4 is 0 Å². The molecule has 0 fully saturated rings. The first-order valence-electron chi connectivity index (χ1n) is 7.35. The molecular formula is C18H23NO2. The van der Waals surface area contributed by atoms with Crippen molar-refractivity contribution < 1.29 is 9.84 Å². The summed E-state index contributed by atoms with van der Waals surface area (Å²) in [5, 5.41) is 9.75. The lowest BCUT2D eigenvalue weighted by Gasteiger charge is -2.23. The molecule has 112 valence electrons. The Morgan fingerprint density at radius 3 is 2.43 bits per heavy atom. The molecule has 0 bridgehead atoms. The lowest BCUT2D eigenvalue weighted by Crippen LogP contribution is -2.14. The van der Waals surface area contributed by atoms with Gasteiger partial charge in [-0.25, -0.2) is 4.98 Å². The summed E-state index contributed by atoms with van der Waals surface area (Å²) in [6, 6.07) is 11.7. The van der Waals surface area contributed by atoms with E-state index in [-0.39, 0.29) is 5.41 Å². The summed E-state index contributed by atoms with van der Waals surface area (Å²) in [6.07, 6.45) is 2.14. The molecular weight excluding hydrogens is 262 g/mol. The van der Waals surface area contributed by atoms with Gasteiger partial charge in [0.2, 0.25) is 5.88 Å². The van der Waals surface area contributed by atoms with Crippen LogP contribution in [0.25, 0.3) is 0 Å². The van der Waals surface area contributed by atoms with Crippen LogP contribution in [0.2, 0.25) is 0 Å². The van der Waals surface area contributed by atoms with E-state index in [1.165, 1.54) is 5.56 Å². The Morgan fingerprint density at radius 1 is 1.19 bits per heavy atom. The summed E-state index contributed by atoms with van der Waals surface area (Å²) in [6.45, 7) is 8.35. The highest BCUT2D eigenvalue weighted by atomic mass is 16.5. The molecule has 3 nitrogen and oxygen atoms in total. The first kappa shape index (κ1) is 15.5. The number of aromatic nitrogens is 1. The molecule has 0 aliphatic carbocycles. The lowest BCUT2D eigenvalue weighted by molar-refractivity contribution is 0.194. The Morgan fingerprint density at radius 2 is 1.86 bits per heavy atom. The average molecular weight is 285 g/mol. The third kappa shape index (κ3) is 3.61. The minimum Gasteiger partial charge on any atom is -0.439 e. The highest BCUT2D eigenvalue weighted by Gasteiger charge is 2.18. The van der Waals surface area contributed by atoms with Crippen LogP contribution in [0.1, 0.15) is 51.3 Å². The van der Waals surface area contributed by atoms with Gasteiger partial charge in [-0.05, 0) is 48.6 Å². The molecule has 21 heavy (non-hydrogen) atoms. The summed E-state index contributed by atoms with van der Waals surface area (Å²) >= 11 is 0. The second-order valence-corrected chi connectivity index (χ2v) is 5.94. The minimum absolute atomic E-state index is 0.161. The minimum atomic E-state index is -0.605. The molecule has 2 aromatic rings. The molecule has 0 saturated carbocycles. The second-order valence-electron chi connectivity index (χ2n) is 5.94. The van der Waals surface area contributed by atoms with Gasteiger partial charge in [-0.1, -0.05) is 32.9 Å². The van der Waals surface area contributed by atoms with E-state index in [1.807, 2.05) is 18.2 Å². The Hall–Kier alpha value is -1.87. The quantitative estimate of drug-likeness (QED) is 0.872. The number of hydrogen-bond acceptors (Lipinski definition) is 3. The van der Waals surface area contributed by atoms with Crippen LogP contribution in [0.15, 0.2) is 42.6 Å². The van der Waals surface area contributed by atoms with Crippen molar-refractivity contribution in [3.05, 3.63) is 53.7 Å². The van der Waals surface area contributed by atoms with E-state index in [0.717, 1.165) is 12.2 Å². The van der Waals surface area contributed by atoms with Gasteiger partial charge in [-0.2, -0.15) is 0 Å². The number of pyridine rings is 1. The Kier molecular flexibility index (Phi) is 4.63. The van der Waals surface area contributed by atoms with Crippen LogP contribution >= 0.6 is 0 Å². The molecule has 0 saturated heterocycles. The zero-order valence-corrected chi connectivity index (χ0v) is 13.1. The fraction of sp³-hybridized carbons (Fsp3) is 0.389. The van der Waals surface area contributed by atoms with Gasteiger partial charge in [0.25, 0.3) is 0 Å². The number of nitrogens with zero attached hydrogens (tertiary/aromatic N) is 1. The van der Waals surface area contributed by atoms with E-state index in [1.54, 1.807) is 19.2 Å². The number of aliphatic hydroxyl groups excluding tert-OH is 1. The summed E-state index contributed by atoms with van der Waals surface area (Å²) in [7, 11) is 0. The molecule has 1 aromatic carbocycles. The molecule has 1 N–H and O–H groups in total. The zero-order chi connectivity index (χ0) is 15.5. The molecule has 3 heteroatoms. The first-order valence-corrected chi connectivity index (χ1v) is 7.35. The first-order chi connectivity index (χ1) is 9.94. The maximum atomic E-state index is 9.75. The van der Waals surface area contributed by atoms with Gasteiger partial charge in [-0.15, -0.1) is 0 Å². The molecule has 1 heterocycles. The van der Waals surface area contributed by atoms with Crippen LogP contribution in [0.4, 0.5) is 0 Å². The van der Waals surface area contributed by atoms with Crippen molar-refractivity contribution in [3.63, 3.8) is 0 Å². The Bertz CT molecular complexity index is 588. The summed E-state index contributed by atoms with van der Waals surface area (Å²) in [4.78, 5) is 4.20. The van der Waals surface area contributed by atoms with E-state index < -0.39 is 6.10 Å². The average Bonchev–Trinajstić information content (AvgIpc) is 2.48. The lowest BCUT2D eigenvalue weighted by atomic mass is 9.82. The molecule has 0 aliphatic heterocycles. The maximum absolute atomic E-state index is 9.75. The van der Waals surface area contributed by atoms with E-state index in [2.05, 4.69) is 37.9 Å². The van der Waals surface area contributed by atoms with Crippen LogP contribution in [-0.2, 0) is 5.41 Å². The van der Waals surface area contributed by atoms with Crippen molar-refractivity contribution in [1.29, 1.82) is 0 Å². The fourth-order valence-electron chi connectivity index (χ4n) is 2.10. The van der Waals surface area contributed by atoms with E-state index >= 15 is 0 Å². The number of ether oxygens (including phenoxy) is 1. The Labute approximate surface area is 126 Å². The smallest absolute Gasteiger partial charge is 0.225 e. The summed E-state index contributed by atoms with van der Waals surface area (Å²) in [5.41, 5.74) is 2.14. The molecule has 0 amide bonds. The third-order valence-electron chi connectivity index (χ3n) is 3.98. The molecule has 1 aromatic heterocycles. The standard InChI is InChI=1S/C18H23NO2/c1-5-18(3,4)14-8-10-15(11-9-14)21-17-16(13(2)20)7-6-12-19-17/h6-13,20H,5H2,1-4H3/t13-/m0/s1. The number of benzene rings is 1. The summed E-state index contributed by atoms with van der Waals surface area (Å²) in [5.74, 6) is 1.18. The molecule has 2 rings (SSSR count). The van der Waals surface area contributed by atoms with Crippen LogP contribution in [-0.4, -0.2) is 10.1 Å². The van der Waals surface area contributed by atoms with E-state index in [0.29, 0.717) is 11.4 Å². The van der Waals surface area contributed by atoms with Gasteiger partial charge < -0.3 is 9.84 Å². The van der Waals surface area contributed by atoms with Gasteiger partial charge >= 0.3 is 0 Å². The summed E-state index contributed by atoms with van der Waals surface area (Å²) < 4.78 is 5.80. The third-order valence-corrected chi connectivity index (χ3v) is 3.98. The SMILES string of the molecule is CCC(C)(C)c1ccc(Oc2ncccc2[C@H](C)O)cc1. The van der Waals surface area contributed by atoms with Gasteiger partial charge in [0.1, 0.15) is 5.75 Å². The second kappa shape index (κ2) is 6.27. The highest BCUT2D eigenvalue weighted by Crippen LogP contribution is 2.31. The molecule has 0 radical (unpaired) electrons. The van der Waals surface area contributed by atoms with Gasteiger partial charge in [-0.3, -0.25) is 0 Å². The van der Waals surface area contributed by atoms with E-state index in [9.17, 15) is 5.11 Å². The number of aliphatic hydroxyl groups is 1. The van der Waals surface area contributed by atoms with Gasteiger partial charge in [0.05, 0.1) is 6.10 Å². The van der Waals surface area contributed by atoms with Crippen LogP contribution in [0.5, 0.6) is 11.6 Å². The zero-order valence-electron chi connectivity index (χ0n) is 13.1.